The lowest BCUT2D eigenvalue weighted by Gasteiger charge is -2.40. The van der Waals surface area contributed by atoms with Crippen molar-refractivity contribution in [2.45, 2.75) is 45.4 Å². The fourth-order valence-corrected chi connectivity index (χ4v) is 3.11. The zero-order chi connectivity index (χ0) is 10.7. The van der Waals surface area contributed by atoms with Crippen LogP contribution in [-0.4, -0.2) is 13.2 Å². The van der Waals surface area contributed by atoms with Crippen LogP contribution in [0.5, 0.6) is 0 Å². The third-order valence-corrected chi connectivity index (χ3v) is 3.92. The molecule has 0 spiro atoms. The normalized spacial score (nSPS) is 36.1. The number of rotatable bonds is 4. The Bertz CT molecular complexity index is 244. The van der Waals surface area contributed by atoms with Crippen LogP contribution in [0.15, 0.2) is 0 Å². The Morgan fingerprint density at radius 3 is 2.53 bits per heavy atom. The van der Waals surface area contributed by atoms with Crippen molar-refractivity contribution in [3.8, 4) is 6.07 Å². The van der Waals surface area contributed by atoms with Crippen molar-refractivity contribution in [3.63, 3.8) is 0 Å². The molecule has 15 heavy (non-hydrogen) atoms. The molecule has 0 radical (unpaired) electrons. The lowest BCUT2D eigenvalue weighted by molar-refractivity contribution is -0.00797. The van der Waals surface area contributed by atoms with Crippen LogP contribution < -0.4 is 0 Å². The molecule has 84 valence electrons. The Kier molecular flexibility index (Phi) is 3.31. The Morgan fingerprint density at radius 2 is 2.00 bits per heavy atom. The van der Waals surface area contributed by atoms with Crippen molar-refractivity contribution >= 4 is 0 Å². The molecule has 0 aliphatic heterocycles. The molecule has 0 N–H and O–H groups in total. The Morgan fingerprint density at radius 1 is 1.33 bits per heavy atom. The lowest BCUT2D eigenvalue weighted by Crippen LogP contribution is -2.39. The van der Waals surface area contributed by atoms with E-state index in [0.29, 0.717) is 6.61 Å². The van der Waals surface area contributed by atoms with Gasteiger partial charge in [0.1, 0.15) is 0 Å². The van der Waals surface area contributed by atoms with E-state index in [1.807, 2.05) is 0 Å². The van der Waals surface area contributed by atoms with Gasteiger partial charge < -0.3 is 4.74 Å². The van der Waals surface area contributed by atoms with Crippen molar-refractivity contribution in [3.05, 3.63) is 0 Å². The molecule has 0 unspecified atom stereocenters. The van der Waals surface area contributed by atoms with Crippen LogP contribution in [-0.2, 0) is 4.74 Å². The van der Waals surface area contributed by atoms with E-state index in [-0.39, 0.29) is 5.41 Å². The maximum Gasteiger partial charge on any atom is 0.0812 e. The molecule has 0 bridgehead atoms. The molecule has 2 aliphatic carbocycles. The highest BCUT2D eigenvalue weighted by Crippen LogP contribution is 2.45. The molecule has 2 fully saturated rings. The quantitative estimate of drug-likeness (QED) is 0.709. The Hall–Kier alpha value is -0.550. The summed E-state index contributed by atoms with van der Waals surface area (Å²) in [7, 11) is 0. The smallest absolute Gasteiger partial charge is 0.0812 e. The summed E-state index contributed by atoms with van der Waals surface area (Å²) >= 11 is 0. The summed E-state index contributed by atoms with van der Waals surface area (Å²) in [6.45, 7) is 3.77. The monoisotopic (exact) mass is 207 g/mol. The highest BCUT2D eigenvalue weighted by Gasteiger charge is 2.42. The Balaban J connectivity index is 1.66. The summed E-state index contributed by atoms with van der Waals surface area (Å²) in [6, 6.07) is 2.45. The maximum absolute atomic E-state index is 9.12. The van der Waals surface area contributed by atoms with E-state index in [4.69, 9.17) is 10.00 Å². The average Bonchev–Trinajstić information content (AvgIpc) is 2.67. The second-order valence-electron chi connectivity index (χ2n) is 5.57. The third-order valence-electron chi connectivity index (χ3n) is 3.92. The molecule has 0 atom stereocenters. The predicted molar refractivity (Wildman–Crippen MR) is 59.2 cm³/mol. The van der Waals surface area contributed by atoms with Gasteiger partial charge in [-0.15, -0.1) is 0 Å². The summed E-state index contributed by atoms with van der Waals surface area (Å²) < 4.78 is 5.74. The standard InChI is InChI=1S/C13H21NO/c1-11-6-13(7-11,9-14)10-15-8-12-4-2-3-5-12/h11-12H,2-8,10H2,1H3. The van der Waals surface area contributed by atoms with Gasteiger partial charge in [0.05, 0.1) is 18.1 Å². The molecule has 2 saturated carbocycles. The SMILES string of the molecule is CC1CC(C#N)(COCC2CCCC2)C1. The van der Waals surface area contributed by atoms with Crippen molar-refractivity contribution in [2.75, 3.05) is 13.2 Å². The fraction of sp³-hybridized carbons (Fsp3) is 0.923. The molecule has 0 aromatic heterocycles. The van der Waals surface area contributed by atoms with Gasteiger partial charge in [-0.25, -0.2) is 0 Å². The van der Waals surface area contributed by atoms with Gasteiger partial charge >= 0.3 is 0 Å². The van der Waals surface area contributed by atoms with E-state index >= 15 is 0 Å². The molecule has 0 heterocycles. The second-order valence-corrected chi connectivity index (χ2v) is 5.57. The second kappa shape index (κ2) is 4.53. The van der Waals surface area contributed by atoms with Gasteiger partial charge in [-0.3, -0.25) is 0 Å². The topological polar surface area (TPSA) is 33.0 Å². The molecule has 2 rings (SSSR count). The number of nitriles is 1. The summed E-state index contributed by atoms with van der Waals surface area (Å²) in [4.78, 5) is 0. The zero-order valence-corrected chi connectivity index (χ0v) is 9.67. The predicted octanol–water partition coefficient (Wildman–Crippen LogP) is 3.13. The first-order chi connectivity index (χ1) is 7.24. The van der Waals surface area contributed by atoms with Crippen LogP contribution in [0, 0.1) is 28.6 Å². The number of nitrogens with zero attached hydrogens (tertiary/aromatic N) is 1. The molecule has 2 heteroatoms. The van der Waals surface area contributed by atoms with E-state index in [1.165, 1.54) is 25.7 Å². The van der Waals surface area contributed by atoms with Crippen molar-refractivity contribution < 1.29 is 4.74 Å². The molecular weight excluding hydrogens is 186 g/mol. The maximum atomic E-state index is 9.12. The highest BCUT2D eigenvalue weighted by atomic mass is 16.5. The Labute approximate surface area is 92.6 Å². The minimum atomic E-state index is -0.127. The molecule has 2 aliphatic rings. The number of ether oxygens (including phenoxy) is 1. The van der Waals surface area contributed by atoms with Crippen LogP contribution in [0.25, 0.3) is 0 Å². The first-order valence-corrected chi connectivity index (χ1v) is 6.23. The van der Waals surface area contributed by atoms with Crippen LogP contribution in [0.1, 0.15) is 45.4 Å². The summed E-state index contributed by atoms with van der Waals surface area (Å²) in [5, 5.41) is 9.12. The third kappa shape index (κ3) is 2.52. The lowest BCUT2D eigenvalue weighted by atomic mass is 9.64. The zero-order valence-electron chi connectivity index (χ0n) is 9.67. The van der Waals surface area contributed by atoms with E-state index in [2.05, 4.69) is 13.0 Å². The van der Waals surface area contributed by atoms with E-state index in [9.17, 15) is 0 Å². The molecule has 0 saturated heterocycles. The van der Waals surface area contributed by atoms with Gasteiger partial charge in [0.15, 0.2) is 0 Å². The molecule has 0 aromatic carbocycles. The van der Waals surface area contributed by atoms with Crippen LogP contribution in [0.4, 0.5) is 0 Å². The van der Waals surface area contributed by atoms with Gasteiger partial charge in [-0.1, -0.05) is 19.8 Å². The summed E-state index contributed by atoms with van der Waals surface area (Å²) in [5.74, 6) is 1.50. The highest BCUT2D eigenvalue weighted by molar-refractivity contribution is 5.07. The van der Waals surface area contributed by atoms with Gasteiger partial charge in [0, 0.05) is 6.61 Å². The molecule has 0 aromatic rings. The largest absolute Gasteiger partial charge is 0.380 e. The van der Waals surface area contributed by atoms with E-state index in [1.54, 1.807) is 0 Å². The van der Waals surface area contributed by atoms with Crippen molar-refractivity contribution in [1.82, 2.24) is 0 Å². The first kappa shape index (κ1) is 11.0. The molecular formula is C13H21NO. The first-order valence-electron chi connectivity index (χ1n) is 6.23. The van der Waals surface area contributed by atoms with E-state index < -0.39 is 0 Å². The van der Waals surface area contributed by atoms with E-state index in [0.717, 1.165) is 31.3 Å². The van der Waals surface area contributed by atoms with Crippen LogP contribution >= 0.6 is 0 Å². The minimum absolute atomic E-state index is 0.127. The summed E-state index contributed by atoms with van der Waals surface area (Å²) in [6.07, 6.45) is 7.47. The van der Waals surface area contributed by atoms with Gasteiger partial charge in [-0.05, 0) is 37.5 Å². The van der Waals surface area contributed by atoms with Gasteiger partial charge in [0.2, 0.25) is 0 Å². The minimum Gasteiger partial charge on any atom is -0.380 e. The van der Waals surface area contributed by atoms with Gasteiger partial charge in [-0.2, -0.15) is 5.26 Å². The average molecular weight is 207 g/mol. The van der Waals surface area contributed by atoms with Crippen LogP contribution in [0.2, 0.25) is 0 Å². The molecule has 0 amide bonds. The van der Waals surface area contributed by atoms with Gasteiger partial charge in [0.25, 0.3) is 0 Å². The fourth-order valence-electron chi connectivity index (χ4n) is 3.11. The van der Waals surface area contributed by atoms with Crippen LogP contribution in [0.3, 0.4) is 0 Å². The number of hydrogen-bond donors (Lipinski definition) is 0. The van der Waals surface area contributed by atoms with Crippen molar-refractivity contribution in [2.24, 2.45) is 17.3 Å². The number of hydrogen-bond acceptors (Lipinski definition) is 2. The molecule has 2 nitrogen and oxygen atoms in total. The summed E-state index contributed by atoms with van der Waals surface area (Å²) in [5.41, 5.74) is -0.127. The van der Waals surface area contributed by atoms with Crippen molar-refractivity contribution in [1.29, 1.82) is 5.26 Å².